The molecule has 0 radical (unpaired) electrons. The van der Waals surface area contributed by atoms with Gasteiger partial charge in [-0.3, -0.25) is 4.57 Å². The number of hydrogen-bond acceptors (Lipinski definition) is 1. The average Bonchev–Trinajstić information content (AvgIpc) is 2.53. The van der Waals surface area contributed by atoms with Crippen molar-refractivity contribution in [2.75, 3.05) is 0 Å². The molecule has 1 rings (SSSR count). The van der Waals surface area contributed by atoms with Crippen LogP contribution in [0.25, 0.3) is 0 Å². The Kier molecular flexibility index (Phi) is 3.40. The predicted octanol–water partition coefficient (Wildman–Crippen LogP) is 2.55. The van der Waals surface area contributed by atoms with Crippen molar-refractivity contribution in [3.8, 4) is 6.19 Å². The van der Waals surface area contributed by atoms with Gasteiger partial charge in [0, 0.05) is 12.4 Å². The van der Waals surface area contributed by atoms with Gasteiger partial charge in [-0.25, -0.2) is 0 Å². The van der Waals surface area contributed by atoms with Crippen LogP contribution in [0.15, 0.2) is 18.5 Å². The van der Waals surface area contributed by atoms with Gasteiger partial charge in [0.05, 0.1) is 0 Å². The molecule has 0 amide bonds. The second kappa shape index (κ2) is 4.61. The van der Waals surface area contributed by atoms with Gasteiger partial charge in [0.25, 0.3) is 0 Å². The summed E-state index contributed by atoms with van der Waals surface area (Å²) in [6.45, 7) is 2.19. The van der Waals surface area contributed by atoms with E-state index in [-0.39, 0.29) is 0 Å². The van der Waals surface area contributed by atoms with E-state index in [0.717, 1.165) is 6.42 Å². The zero-order valence-electron chi connectivity index (χ0n) is 7.45. The second-order valence-corrected chi connectivity index (χ2v) is 2.98. The number of hydrogen-bond donors (Lipinski definition) is 0. The minimum atomic E-state index is 1.10. The quantitative estimate of drug-likeness (QED) is 0.625. The highest BCUT2D eigenvalue weighted by atomic mass is 14.9. The Morgan fingerprint density at radius 1 is 1.50 bits per heavy atom. The molecule has 1 aromatic heterocycles. The molecule has 1 heterocycles. The van der Waals surface area contributed by atoms with Crippen molar-refractivity contribution in [1.29, 1.82) is 5.26 Å². The van der Waals surface area contributed by atoms with Crippen LogP contribution in [0, 0.1) is 11.5 Å². The van der Waals surface area contributed by atoms with Crippen molar-refractivity contribution < 1.29 is 0 Å². The van der Waals surface area contributed by atoms with Gasteiger partial charge in [-0.15, -0.1) is 0 Å². The number of unbranched alkanes of at least 4 members (excludes halogenated alkanes) is 2. The van der Waals surface area contributed by atoms with E-state index in [1.165, 1.54) is 24.8 Å². The molecule has 0 fully saturated rings. The predicted molar refractivity (Wildman–Crippen MR) is 48.7 cm³/mol. The van der Waals surface area contributed by atoms with Crippen LogP contribution in [-0.4, -0.2) is 4.57 Å². The lowest BCUT2D eigenvalue weighted by molar-refractivity contribution is 0.717. The molecule has 0 aromatic carbocycles. The summed E-state index contributed by atoms with van der Waals surface area (Å²) in [6, 6.07) is 2.01. The van der Waals surface area contributed by atoms with Crippen LogP contribution in [0.5, 0.6) is 0 Å². The van der Waals surface area contributed by atoms with Crippen LogP contribution in [0.2, 0.25) is 0 Å². The molecule has 0 unspecified atom stereocenters. The monoisotopic (exact) mass is 162 g/mol. The Hall–Kier alpha value is -1.23. The zero-order chi connectivity index (χ0) is 8.81. The maximum atomic E-state index is 8.54. The van der Waals surface area contributed by atoms with Gasteiger partial charge >= 0.3 is 0 Å². The largest absolute Gasteiger partial charge is 0.262 e. The second-order valence-electron chi connectivity index (χ2n) is 2.98. The van der Waals surface area contributed by atoms with Gasteiger partial charge in [0.2, 0.25) is 0 Å². The minimum absolute atomic E-state index is 1.10. The number of aromatic nitrogens is 1. The van der Waals surface area contributed by atoms with Crippen LogP contribution >= 0.6 is 0 Å². The van der Waals surface area contributed by atoms with Crippen molar-refractivity contribution in [1.82, 2.24) is 4.57 Å². The molecule has 0 atom stereocenters. The first-order chi connectivity index (χ1) is 5.86. The lowest BCUT2D eigenvalue weighted by atomic mass is 10.1. The lowest BCUT2D eigenvalue weighted by Gasteiger charge is -1.94. The first kappa shape index (κ1) is 8.86. The maximum Gasteiger partial charge on any atom is 0.188 e. The molecule has 0 saturated heterocycles. The fraction of sp³-hybridized carbons (Fsp3) is 0.500. The fourth-order valence-electron chi connectivity index (χ4n) is 1.23. The molecular formula is C10H14N2. The summed E-state index contributed by atoms with van der Waals surface area (Å²) in [6.07, 6.45) is 10.6. The van der Waals surface area contributed by atoms with Crippen LogP contribution in [0.4, 0.5) is 0 Å². The normalized spacial score (nSPS) is 9.67. The SMILES string of the molecule is CCCCCc1ccn(C#N)c1. The molecule has 0 aliphatic rings. The summed E-state index contributed by atoms with van der Waals surface area (Å²) in [4.78, 5) is 0. The van der Waals surface area contributed by atoms with Crippen LogP contribution < -0.4 is 0 Å². The van der Waals surface area contributed by atoms with E-state index in [9.17, 15) is 0 Å². The van der Waals surface area contributed by atoms with E-state index in [1.54, 1.807) is 10.8 Å². The maximum absolute atomic E-state index is 8.54. The standard InChI is InChI=1S/C10H14N2/c1-2-3-4-5-10-6-7-12(8-10)9-11/h6-8H,2-5H2,1H3. The Morgan fingerprint density at radius 2 is 2.33 bits per heavy atom. The van der Waals surface area contributed by atoms with Crippen molar-refractivity contribution in [2.24, 2.45) is 0 Å². The smallest absolute Gasteiger partial charge is 0.188 e. The van der Waals surface area contributed by atoms with Gasteiger partial charge in [0.15, 0.2) is 6.19 Å². The summed E-state index contributed by atoms with van der Waals surface area (Å²) < 4.78 is 1.54. The first-order valence-electron chi connectivity index (χ1n) is 4.43. The third kappa shape index (κ3) is 2.43. The fourth-order valence-corrected chi connectivity index (χ4v) is 1.23. The van der Waals surface area contributed by atoms with E-state index in [2.05, 4.69) is 13.1 Å². The highest BCUT2D eigenvalue weighted by Crippen LogP contribution is 2.06. The van der Waals surface area contributed by atoms with Gasteiger partial charge < -0.3 is 0 Å². The van der Waals surface area contributed by atoms with Crippen LogP contribution in [-0.2, 0) is 6.42 Å². The molecule has 0 bridgehead atoms. The zero-order valence-corrected chi connectivity index (χ0v) is 7.45. The number of rotatable bonds is 4. The third-order valence-electron chi connectivity index (χ3n) is 1.94. The summed E-state index contributed by atoms with van der Waals surface area (Å²) >= 11 is 0. The van der Waals surface area contributed by atoms with Crippen molar-refractivity contribution >= 4 is 0 Å². The van der Waals surface area contributed by atoms with Gasteiger partial charge in [-0.2, -0.15) is 5.26 Å². The van der Waals surface area contributed by atoms with Gasteiger partial charge in [-0.05, 0) is 24.5 Å². The number of nitrogens with zero attached hydrogens (tertiary/aromatic N) is 2. The van der Waals surface area contributed by atoms with Gasteiger partial charge in [0.1, 0.15) is 0 Å². The summed E-state index contributed by atoms with van der Waals surface area (Å²) in [7, 11) is 0. The molecule has 1 aromatic rings. The first-order valence-corrected chi connectivity index (χ1v) is 4.43. The molecule has 0 aliphatic carbocycles. The Balaban J connectivity index is 2.38. The Labute approximate surface area is 73.4 Å². The minimum Gasteiger partial charge on any atom is -0.262 e. The van der Waals surface area contributed by atoms with Gasteiger partial charge in [-0.1, -0.05) is 19.8 Å². The summed E-state index contributed by atoms with van der Waals surface area (Å²) in [5, 5.41) is 8.54. The van der Waals surface area contributed by atoms with E-state index in [0.29, 0.717) is 0 Å². The molecule has 0 spiro atoms. The molecule has 64 valence electrons. The average molecular weight is 162 g/mol. The topological polar surface area (TPSA) is 28.7 Å². The molecule has 0 saturated carbocycles. The summed E-state index contributed by atoms with van der Waals surface area (Å²) in [5.74, 6) is 0. The van der Waals surface area contributed by atoms with E-state index >= 15 is 0 Å². The van der Waals surface area contributed by atoms with Crippen molar-refractivity contribution in [2.45, 2.75) is 32.6 Å². The molecule has 0 aliphatic heterocycles. The Morgan fingerprint density at radius 3 is 2.92 bits per heavy atom. The van der Waals surface area contributed by atoms with Crippen molar-refractivity contribution in [3.05, 3.63) is 24.0 Å². The molecule has 2 nitrogen and oxygen atoms in total. The van der Waals surface area contributed by atoms with E-state index < -0.39 is 0 Å². The van der Waals surface area contributed by atoms with E-state index in [4.69, 9.17) is 5.26 Å². The van der Waals surface area contributed by atoms with Crippen molar-refractivity contribution in [3.63, 3.8) is 0 Å². The molecule has 0 N–H and O–H groups in total. The Bertz CT molecular complexity index is 268. The lowest BCUT2D eigenvalue weighted by Crippen LogP contribution is -1.83. The van der Waals surface area contributed by atoms with E-state index in [1.807, 2.05) is 12.3 Å². The van der Waals surface area contributed by atoms with Crippen LogP contribution in [0.3, 0.4) is 0 Å². The highest BCUT2D eigenvalue weighted by molar-refractivity contribution is 5.13. The molecular weight excluding hydrogens is 148 g/mol. The number of aryl methyl sites for hydroxylation is 1. The van der Waals surface area contributed by atoms with Crippen LogP contribution in [0.1, 0.15) is 31.7 Å². The molecule has 2 heteroatoms. The number of nitriles is 1. The highest BCUT2D eigenvalue weighted by Gasteiger charge is 1.94. The third-order valence-corrected chi connectivity index (χ3v) is 1.94. The molecule has 12 heavy (non-hydrogen) atoms. The summed E-state index contributed by atoms with van der Waals surface area (Å²) in [5.41, 5.74) is 1.27.